The van der Waals surface area contributed by atoms with Gasteiger partial charge in [-0.2, -0.15) is 0 Å². The first kappa shape index (κ1) is 22.3. The van der Waals surface area contributed by atoms with E-state index in [4.69, 9.17) is 9.47 Å². The number of sulfone groups is 1. The van der Waals surface area contributed by atoms with Gasteiger partial charge in [-0.1, -0.05) is 0 Å². The number of hydrogen-bond donors (Lipinski definition) is 0. The van der Waals surface area contributed by atoms with Gasteiger partial charge in [-0.3, -0.25) is 0 Å². The molecule has 1 amide bonds. The predicted molar refractivity (Wildman–Crippen MR) is 114 cm³/mol. The molecule has 11 heteroatoms. The smallest absolute Gasteiger partial charge is 0.409 e. The molecule has 2 aromatic rings. The number of carbonyl (C=O) groups is 1. The molecule has 172 valence electrons. The molecule has 1 aromatic heterocycles. The molecule has 0 N–H and O–H groups in total. The molecule has 1 saturated heterocycles. The summed E-state index contributed by atoms with van der Waals surface area (Å²) in [6.45, 7) is 3.68. The van der Waals surface area contributed by atoms with Crippen LogP contribution in [0.1, 0.15) is 25.3 Å². The van der Waals surface area contributed by atoms with Crippen molar-refractivity contribution in [3.63, 3.8) is 0 Å². The molecule has 0 aliphatic carbocycles. The summed E-state index contributed by atoms with van der Waals surface area (Å²) in [6, 6.07) is 3.87. The zero-order valence-corrected chi connectivity index (χ0v) is 18.8. The molecule has 0 spiro atoms. The minimum Gasteiger partial charge on any atom is -0.474 e. The summed E-state index contributed by atoms with van der Waals surface area (Å²) in [6.07, 6.45) is 3.89. The van der Waals surface area contributed by atoms with Crippen molar-refractivity contribution >= 4 is 27.4 Å². The fraction of sp³-hybridized carbons (Fsp3) is 0.476. The summed E-state index contributed by atoms with van der Waals surface area (Å²) in [5.41, 5.74) is 1.04. The van der Waals surface area contributed by atoms with Gasteiger partial charge in [0.1, 0.15) is 24.1 Å². The quantitative estimate of drug-likeness (QED) is 0.666. The van der Waals surface area contributed by atoms with E-state index >= 15 is 0 Å². The summed E-state index contributed by atoms with van der Waals surface area (Å²) in [5, 5.41) is 0. The van der Waals surface area contributed by atoms with E-state index in [1.165, 1.54) is 18.5 Å². The van der Waals surface area contributed by atoms with Crippen LogP contribution in [0.15, 0.2) is 29.4 Å². The average molecular weight is 465 g/mol. The van der Waals surface area contributed by atoms with Gasteiger partial charge >= 0.3 is 6.09 Å². The number of carbonyl (C=O) groups excluding carboxylic acids is 1. The van der Waals surface area contributed by atoms with Gasteiger partial charge in [0.05, 0.1) is 22.8 Å². The van der Waals surface area contributed by atoms with Crippen LogP contribution >= 0.6 is 0 Å². The Morgan fingerprint density at radius 2 is 1.97 bits per heavy atom. The van der Waals surface area contributed by atoms with Crippen molar-refractivity contribution in [2.24, 2.45) is 0 Å². The third kappa shape index (κ3) is 4.47. The lowest BCUT2D eigenvalue weighted by molar-refractivity contribution is 0.0685. The molecule has 4 rings (SSSR count). The number of ether oxygens (including phenoxy) is 2. The van der Waals surface area contributed by atoms with Gasteiger partial charge in [-0.15, -0.1) is 0 Å². The number of fused-ring (bicyclic) bond motifs is 1. The van der Waals surface area contributed by atoms with Gasteiger partial charge in [0.25, 0.3) is 0 Å². The number of likely N-dealkylation sites (tertiary alicyclic amines) is 1. The summed E-state index contributed by atoms with van der Waals surface area (Å²) in [4.78, 5) is 23.8. The second-order valence-electron chi connectivity index (χ2n) is 7.77. The molecule has 2 aliphatic heterocycles. The molecule has 1 aromatic carbocycles. The summed E-state index contributed by atoms with van der Waals surface area (Å²) in [7, 11) is -3.50. The normalized spacial score (nSPS) is 16.7. The monoisotopic (exact) mass is 464 g/mol. The Bertz CT molecular complexity index is 1120. The average Bonchev–Trinajstić information content (AvgIpc) is 3.19. The molecule has 0 saturated carbocycles. The first-order valence-corrected chi connectivity index (χ1v) is 12.4. The zero-order valence-electron chi connectivity index (χ0n) is 18.0. The maximum atomic E-state index is 14.7. The largest absolute Gasteiger partial charge is 0.474 e. The predicted octanol–water partition coefficient (Wildman–Crippen LogP) is 2.71. The third-order valence-electron chi connectivity index (χ3n) is 5.61. The van der Waals surface area contributed by atoms with Crippen molar-refractivity contribution in [3.8, 4) is 5.88 Å². The van der Waals surface area contributed by atoms with Gasteiger partial charge in [0.15, 0.2) is 9.84 Å². The number of aromatic nitrogens is 2. The Morgan fingerprint density at radius 1 is 1.22 bits per heavy atom. The number of nitrogens with zero attached hydrogens (tertiary/aromatic N) is 4. The number of hydrogen-bond acceptors (Lipinski definition) is 8. The molecular weight excluding hydrogens is 439 g/mol. The molecule has 0 unspecified atom stereocenters. The first-order valence-electron chi connectivity index (χ1n) is 10.5. The highest BCUT2D eigenvalue weighted by Crippen LogP contribution is 2.38. The number of rotatable bonds is 5. The molecule has 2 aliphatic rings. The molecule has 0 bridgehead atoms. The fourth-order valence-electron chi connectivity index (χ4n) is 3.97. The van der Waals surface area contributed by atoms with Gasteiger partial charge in [-0.05, 0) is 31.5 Å². The Morgan fingerprint density at radius 3 is 2.62 bits per heavy atom. The summed E-state index contributed by atoms with van der Waals surface area (Å²) >= 11 is 0. The summed E-state index contributed by atoms with van der Waals surface area (Å²) < 4.78 is 49.3. The third-order valence-corrected chi connectivity index (χ3v) is 6.72. The molecule has 32 heavy (non-hydrogen) atoms. The van der Waals surface area contributed by atoms with Crippen LogP contribution in [0.25, 0.3) is 0 Å². The van der Waals surface area contributed by atoms with Crippen LogP contribution < -0.4 is 9.64 Å². The highest BCUT2D eigenvalue weighted by molar-refractivity contribution is 7.90. The number of benzene rings is 1. The van der Waals surface area contributed by atoms with Crippen molar-refractivity contribution in [2.45, 2.75) is 37.2 Å². The van der Waals surface area contributed by atoms with E-state index < -0.39 is 15.7 Å². The molecule has 0 radical (unpaired) electrons. The lowest BCUT2D eigenvalue weighted by Gasteiger charge is -2.31. The van der Waals surface area contributed by atoms with E-state index in [-0.39, 0.29) is 22.8 Å². The minimum atomic E-state index is -3.50. The highest BCUT2D eigenvalue weighted by Gasteiger charge is 2.31. The van der Waals surface area contributed by atoms with Gasteiger partial charge in [-0.25, -0.2) is 27.6 Å². The second-order valence-corrected chi connectivity index (χ2v) is 9.79. The fourth-order valence-corrected chi connectivity index (χ4v) is 4.60. The van der Waals surface area contributed by atoms with Crippen molar-refractivity contribution in [3.05, 3.63) is 35.9 Å². The van der Waals surface area contributed by atoms with Crippen LogP contribution in [-0.2, 0) is 21.0 Å². The standard InChI is InChI=1S/C21H25FN4O5S/c1-3-30-21(27)25-9-6-14(7-10-25)31-20-16-8-11-26(19(16)23-13-24-20)18-5-4-15(12-17(18)22)32(2,28)29/h4-5,12-14H,3,6-11H2,1-2H3. The van der Waals surface area contributed by atoms with E-state index in [1.54, 1.807) is 16.7 Å². The van der Waals surface area contributed by atoms with E-state index in [1.807, 2.05) is 0 Å². The van der Waals surface area contributed by atoms with Crippen LogP contribution in [0.5, 0.6) is 5.88 Å². The number of halogens is 1. The Kier molecular flexibility index (Phi) is 6.18. The van der Waals surface area contributed by atoms with Crippen molar-refractivity contribution in [1.82, 2.24) is 14.9 Å². The van der Waals surface area contributed by atoms with E-state index in [0.29, 0.717) is 57.2 Å². The number of piperidine rings is 1. The van der Waals surface area contributed by atoms with E-state index in [2.05, 4.69) is 9.97 Å². The van der Waals surface area contributed by atoms with Crippen molar-refractivity contribution < 1.29 is 27.1 Å². The molecular formula is C21H25FN4O5S. The lowest BCUT2D eigenvalue weighted by atomic mass is 10.1. The SMILES string of the molecule is CCOC(=O)N1CCC(Oc2ncnc3c2CCN3c2ccc(S(C)(=O)=O)cc2F)CC1. The Labute approximate surface area is 186 Å². The van der Waals surface area contributed by atoms with Crippen LogP contribution in [0.2, 0.25) is 0 Å². The van der Waals surface area contributed by atoms with Crippen LogP contribution in [0.4, 0.5) is 20.7 Å². The molecule has 1 fully saturated rings. The Hall–Kier alpha value is -2.95. The van der Waals surface area contributed by atoms with Crippen LogP contribution in [0, 0.1) is 5.82 Å². The van der Waals surface area contributed by atoms with Crippen molar-refractivity contribution in [1.29, 1.82) is 0 Å². The molecule has 3 heterocycles. The Balaban J connectivity index is 1.49. The zero-order chi connectivity index (χ0) is 22.9. The van der Waals surface area contributed by atoms with Gasteiger partial charge < -0.3 is 19.3 Å². The van der Waals surface area contributed by atoms with E-state index in [9.17, 15) is 17.6 Å². The van der Waals surface area contributed by atoms with Gasteiger partial charge in [0.2, 0.25) is 5.88 Å². The van der Waals surface area contributed by atoms with Gasteiger partial charge in [0, 0.05) is 38.7 Å². The minimum absolute atomic E-state index is 0.0703. The van der Waals surface area contributed by atoms with Crippen LogP contribution in [0.3, 0.4) is 0 Å². The number of amides is 1. The maximum Gasteiger partial charge on any atom is 0.409 e. The summed E-state index contributed by atoms with van der Waals surface area (Å²) in [5.74, 6) is 0.374. The lowest BCUT2D eigenvalue weighted by Crippen LogP contribution is -2.42. The molecule has 0 atom stereocenters. The van der Waals surface area contributed by atoms with E-state index in [0.717, 1.165) is 17.9 Å². The maximum absolute atomic E-state index is 14.7. The number of anilines is 2. The topological polar surface area (TPSA) is 102 Å². The second kappa shape index (κ2) is 8.89. The first-order chi connectivity index (χ1) is 15.3. The highest BCUT2D eigenvalue weighted by atomic mass is 32.2. The van der Waals surface area contributed by atoms with Crippen LogP contribution in [-0.4, -0.2) is 68.0 Å². The molecule has 9 nitrogen and oxygen atoms in total. The van der Waals surface area contributed by atoms with Crippen molar-refractivity contribution in [2.75, 3.05) is 37.4 Å².